The Hall–Kier alpha value is -0.740. The predicted octanol–water partition coefficient (Wildman–Crippen LogP) is 6.27. The zero-order valence-corrected chi connectivity index (χ0v) is 16.1. The molecule has 2 aromatic heterocycles. The minimum absolute atomic E-state index is 0.660. The summed E-state index contributed by atoms with van der Waals surface area (Å²) < 4.78 is 4.07. The van der Waals surface area contributed by atoms with Crippen molar-refractivity contribution in [3.05, 3.63) is 33.7 Å². The van der Waals surface area contributed by atoms with Crippen molar-refractivity contribution in [1.82, 2.24) is 9.36 Å². The molecule has 0 saturated carbocycles. The second kappa shape index (κ2) is 11.9. The lowest BCUT2D eigenvalue weighted by atomic mass is 9.97. The first-order chi connectivity index (χ1) is 10.0. The summed E-state index contributed by atoms with van der Waals surface area (Å²) in [5.74, 6) is 2.14. The topological polar surface area (TPSA) is 25.8 Å². The number of hydrogen-bond acceptors (Lipinski definition) is 4. The summed E-state index contributed by atoms with van der Waals surface area (Å²) in [4.78, 5) is 6.79. The molecule has 0 spiro atoms. The standard InChI is InChI=1S/C8H13NS.C7H11NS.C2H6/c1-6(2)7(3)8-4-5-9-10-8;1-6(2)3-7-4-8-5-9-7;1-2/h4-7H,1-3H3;4-6H,3H2,1-2H3;1-2H3. The summed E-state index contributed by atoms with van der Waals surface area (Å²) in [7, 11) is 0. The van der Waals surface area contributed by atoms with Gasteiger partial charge in [-0.2, -0.15) is 0 Å². The molecule has 0 amide bonds. The molecule has 0 fully saturated rings. The van der Waals surface area contributed by atoms with Crippen LogP contribution < -0.4 is 0 Å². The molecule has 1 atom stereocenters. The Labute approximate surface area is 138 Å². The van der Waals surface area contributed by atoms with Crippen LogP contribution in [0.25, 0.3) is 0 Å². The van der Waals surface area contributed by atoms with E-state index in [-0.39, 0.29) is 0 Å². The second-order valence-electron chi connectivity index (χ2n) is 5.51. The summed E-state index contributed by atoms with van der Waals surface area (Å²) in [6.07, 6.45) is 4.99. The van der Waals surface area contributed by atoms with E-state index < -0.39 is 0 Å². The molecule has 1 unspecified atom stereocenters. The van der Waals surface area contributed by atoms with Crippen molar-refractivity contribution in [2.24, 2.45) is 11.8 Å². The molecule has 2 nitrogen and oxygen atoms in total. The van der Waals surface area contributed by atoms with E-state index in [2.05, 4.69) is 50.0 Å². The first-order valence-electron chi connectivity index (χ1n) is 7.78. The highest BCUT2D eigenvalue weighted by molar-refractivity contribution is 7.09. The van der Waals surface area contributed by atoms with Crippen LogP contribution >= 0.6 is 22.9 Å². The van der Waals surface area contributed by atoms with Crippen LogP contribution in [0.5, 0.6) is 0 Å². The van der Waals surface area contributed by atoms with Crippen molar-refractivity contribution < 1.29 is 0 Å². The molecule has 0 saturated heterocycles. The van der Waals surface area contributed by atoms with Gasteiger partial charge in [0, 0.05) is 22.1 Å². The largest absolute Gasteiger partial charge is 0.253 e. The summed E-state index contributed by atoms with van der Waals surface area (Å²) in [6.45, 7) is 15.2. The minimum atomic E-state index is 0.660. The highest BCUT2D eigenvalue weighted by Crippen LogP contribution is 2.25. The summed E-state index contributed by atoms with van der Waals surface area (Å²) in [6, 6.07) is 2.11. The molecule has 0 aliphatic rings. The third-order valence-corrected chi connectivity index (χ3v) is 4.75. The Bertz CT molecular complexity index is 420. The van der Waals surface area contributed by atoms with E-state index in [1.165, 1.54) is 16.2 Å². The Balaban J connectivity index is 0.000000342. The molecule has 0 aliphatic heterocycles. The van der Waals surface area contributed by atoms with E-state index >= 15 is 0 Å². The van der Waals surface area contributed by atoms with Crippen LogP contribution in [0, 0.1) is 11.8 Å². The van der Waals surface area contributed by atoms with Gasteiger partial charge >= 0.3 is 0 Å². The van der Waals surface area contributed by atoms with Crippen LogP contribution in [-0.4, -0.2) is 9.36 Å². The molecular weight excluding hydrogens is 296 g/mol. The molecule has 2 heterocycles. The second-order valence-corrected chi connectivity index (χ2v) is 7.35. The SMILES string of the molecule is CC.CC(C)C(C)c1ccns1.CC(C)Cc1cncs1. The molecule has 2 aromatic rings. The lowest BCUT2D eigenvalue weighted by Gasteiger charge is -2.11. The molecule has 21 heavy (non-hydrogen) atoms. The number of hydrogen-bond donors (Lipinski definition) is 0. The first kappa shape index (κ1) is 20.3. The van der Waals surface area contributed by atoms with Gasteiger partial charge in [0.15, 0.2) is 0 Å². The van der Waals surface area contributed by atoms with Gasteiger partial charge in [-0.1, -0.05) is 48.5 Å². The van der Waals surface area contributed by atoms with Gasteiger partial charge in [-0.3, -0.25) is 4.98 Å². The van der Waals surface area contributed by atoms with Gasteiger partial charge in [-0.15, -0.1) is 11.3 Å². The van der Waals surface area contributed by atoms with Crippen LogP contribution in [0.4, 0.5) is 0 Å². The predicted molar refractivity (Wildman–Crippen MR) is 97.4 cm³/mol. The molecule has 0 N–H and O–H groups in total. The number of nitrogens with zero attached hydrogens (tertiary/aromatic N) is 2. The fourth-order valence-corrected chi connectivity index (χ4v) is 3.15. The van der Waals surface area contributed by atoms with Crippen LogP contribution in [-0.2, 0) is 6.42 Å². The zero-order valence-electron chi connectivity index (χ0n) is 14.5. The highest BCUT2D eigenvalue weighted by atomic mass is 32.1. The molecule has 2 rings (SSSR count). The maximum Gasteiger partial charge on any atom is 0.0794 e. The first-order valence-corrected chi connectivity index (χ1v) is 9.44. The number of thiazole rings is 1. The average molecular weight is 327 g/mol. The van der Waals surface area contributed by atoms with Crippen molar-refractivity contribution in [2.75, 3.05) is 0 Å². The molecule has 0 radical (unpaired) electrons. The van der Waals surface area contributed by atoms with Crippen LogP contribution in [0.2, 0.25) is 0 Å². The van der Waals surface area contributed by atoms with Gasteiger partial charge in [-0.05, 0) is 41.8 Å². The van der Waals surface area contributed by atoms with E-state index in [1.54, 1.807) is 22.9 Å². The average Bonchev–Trinajstić information content (AvgIpc) is 3.12. The van der Waals surface area contributed by atoms with Gasteiger partial charge in [0.1, 0.15) is 0 Å². The van der Waals surface area contributed by atoms with Crippen molar-refractivity contribution in [3.8, 4) is 0 Å². The quantitative estimate of drug-likeness (QED) is 0.661. The van der Waals surface area contributed by atoms with Crippen molar-refractivity contribution >= 4 is 22.9 Å². The van der Waals surface area contributed by atoms with Gasteiger partial charge in [0.2, 0.25) is 0 Å². The third kappa shape index (κ3) is 8.99. The third-order valence-electron chi connectivity index (χ3n) is 3.00. The number of rotatable bonds is 4. The van der Waals surface area contributed by atoms with Crippen LogP contribution in [0.1, 0.15) is 64.1 Å². The lowest BCUT2D eigenvalue weighted by Crippen LogP contribution is -1.98. The molecule has 120 valence electrons. The smallest absolute Gasteiger partial charge is 0.0794 e. The summed E-state index contributed by atoms with van der Waals surface area (Å²) in [5.41, 5.74) is 1.89. The van der Waals surface area contributed by atoms with E-state index in [0.717, 1.165) is 11.8 Å². The molecule has 0 aromatic carbocycles. The Morgan fingerprint density at radius 3 is 2.14 bits per heavy atom. The lowest BCUT2D eigenvalue weighted by molar-refractivity contribution is 0.542. The Kier molecular flexibility index (Phi) is 11.5. The van der Waals surface area contributed by atoms with Crippen LogP contribution in [0.3, 0.4) is 0 Å². The van der Waals surface area contributed by atoms with Crippen molar-refractivity contribution in [2.45, 2.75) is 60.8 Å². The fraction of sp³-hybridized carbons (Fsp3) is 0.647. The minimum Gasteiger partial charge on any atom is -0.253 e. The van der Waals surface area contributed by atoms with Gasteiger partial charge in [0.05, 0.1) is 5.51 Å². The van der Waals surface area contributed by atoms with E-state index in [1.807, 2.05) is 31.8 Å². The maximum atomic E-state index is 4.07. The molecular formula is C17H30N2S2. The highest BCUT2D eigenvalue weighted by Gasteiger charge is 2.10. The van der Waals surface area contributed by atoms with Gasteiger partial charge < -0.3 is 0 Å². The Morgan fingerprint density at radius 1 is 1.10 bits per heavy atom. The summed E-state index contributed by atoms with van der Waals surface area (Å²) >= 11 is 3.35. The van der Waals surface area contributed by atoms with E-state index in [0.29, 0.717) is 5.92 Å². The zero-order chi connectivity index (χ0) is 16.3. The van der Waals surface area contributed by atoms with Crippen LogP contribution in [0.15, 0.2) is 24.0 Å². The maximum absolute atomic E-state index is 4.07. The molecule has 0 aliphatic carbocycles. The van der Waals surface area contributed by atoms with Crippen molar-refractivity contribution in [3.63, 3.8) is 0 Å². The van der Waals surface area contributed by atoms with Gasteiger partial charge in [-0.25, -0.2) is 4.37 Å². The van der Waals surface area contributed by atoms with Crippen molar-refractivity contribution in [1.29, 1.82) is 0 Å². The number of aromatic nitrogens is 2. The molecule has 4 heteroatoms. The van der Waals surface area contributed by atoms with E-state index in [9.17, 15) is 0 Å². The summed E-state index contributed by atoms with van der Waals surface area (Å²) in [5, 5.41) is 0. The Morgan fingerprint density at radius 2 is 1.76 bits per heavy atom. The monoisotopic (exact) mass is 326 g/mol. The normalized spacial score (nSPS) is 11.5. The fourth-order valence-electron chi connectivity index (χ4n) is 1.53. The van der Waals surface area contributed by atoms with Gasteiger partial charge in [0.25, 0.3) is 0 Å². The molecule has 0 bridgehead atoms. The van der Waals surface area contributed by atoms with E-state index in [4.69, 9.17) is 0 Å².